The summed E-state index contributed by atoms with van der Waals surface area (Å²) in [6, 6.07) is 8.21. The lowest BCUT2D eigenvalue weighted by atomic mass is 10.2. The van der Waals surface area contributed by atoms with Gasteiger partial charge < -0.3 is 10.1 Å². The molecule has 1 N–H and O–H groups in total. The summed E-state index contributed by atoms with van der Waals surface area (Å²) >= 11 is 11.9. The molecule has 0 bridgehead atoms. The van der Waals surface area contributed by atoms with Gasteiger partial charge in [0.25, 0.3) is 5.91 Å². The molecule has 0 saturated heterocycles. The van der Waals surface area contributed by atoms with Gasteiger partial charge in [-0.1, -0.05) is 29.3 Å². The molecule has 0 saturated carbocycles. The van der Waals surface area contributed by atoms with E-state index in [1.165, 1.54) is 29.1 Å². The Kier molecular flexibility index (Phi) is 5.71. The van der Waals surface area contributed by atoms with Crippen molar-refractivity contribution in [2.75, 3.05) is 5.32 Å². The number of carbonyl (C=O) groups excluding carboxylic acids is 2. The van der Waals surface area contributed by atoms with Crippen LogP contribution >= 0.6 is 23.2 Å². The first-order valence-corrected chi connectivity index (χ1v) is 9.01. The normalized spacial score (nSPS) is 12.0. The van der Waals surface area contributed by atoms with Crippen LogP contribution in [0.4, 0.5) is 5.82 Å². The monoisotopic (exact) mass is 422 g/mol. The van der Waals surface area contributed by atoms with Gasteiger partial charge in [-0.25, -0.2) is 14.2 Å². The average molecular weight is 423 g/mol. The van der Waals surface area contributed by atoms with Crippen LogP contribution in [-0.2, 0) is 20.9 Å². The molecule has 146 valence electrons. The Morgan fingerprint density at radius 2 is 1.96 bits per heavy atom. The maximum Gasteiger partial charge on any atom is 0.337 e. The zero-order valence-electron chi connectivity index (χ0n) is 15.0. The summed E-state index contributed by atoms with van der Waals surface area (Å²) in [6.45, 7) is 2.86. The molecule has 2 aromatic heterocycles. The van der Waals surface area contributed by atoms with E-state index in [-0.39, 0.29) is 12.4 Å². The van der Waals surface area contributed by atoms with Crippen LogP contribution in [0.5, 0.6) is 0 Å². The van der Waals surface area contributed by atoms with E-state index < -0.39 is 23.7 Å². The molecule has 1 aromatic carbocycles. The zero-order valence-corrected chi connectivity index (χ0v) is 16.5. The molecule has 28 heavy (non-hydrogen) atoms. The van der Waals surface area contributed by atoms with Crippen molar-refractivity contribution in [3.05, 3.63) is 62.8 Å². The van der Waals surface area contributed by atoms with E-state index in [0.717, 1.165) is 5.56 Å². The lowest BCUT2D eigenvalue weighted by Gasteiger charge is -2.12. The molecule has 1 atom stereocenters. The highest BCUT2D eigenvalue weighted by atomic mass is 35.5. The van der Waals surface area contributed by atoms with E-state index in [0.29, 0.717) is 15.7 Å². The molecule has 0 aliphatic carbocycles. The number of hydrogen-bond donors (Lipinski definition) is 1. The summed E-state index contributed by atoms with van der Waals surface area (Å²) in [4.78, 5) is 40.3. The topological polar surface area (TPSA) is 94.7 Å². The highest BCUT2D eigenvalue weighted by Gasteiger charge is 2.18. The summed E-state index contributed by atoms with van der Waals surface area (Å²) in [6.07, 6.45) is 0.408. The lowest BCUT2D eigenvalue weighted by Crippen LogP contribution is -2.32. The number of carbonyl (C=O) groups is 2. The van der Waals surface area contributed by atoms with E-state index in [9.17, 15) is 14.4 Å². The number of nitrogens with zero attached hydrogens (tertiary/aromatic N) is 3. The number of esters is 1. The van der Waals surface area contributed by atoms with E-state index in [1.54, 1.807) is 30.3 Å². The summed E-state index contributed by atoms with van der Waals surface area (Å²) in [5.41, 5.74) is 0.723. The van der Waals surface area contributed by atoms with Gasteiger partial charge in [0, 0.05) is 6.92 Å². The van der Waals surface area contributed by atoms with Gasteiger partial charge in [0.2, 0.25) is 0 Å². The van der Waals surface area contributed by atoms with Crippen LogP contribution in [0, 0.1) is 0 Å². The third-order valence-corrected chi connectivity index (χ3v) is 4.67. The number of rotatable bonds is 5. The Labute approximate surface area is 169 Å². The second kappa shape index (κ2) is 8.04. The van der Waals surface area contributed by atoms with Gasteiger partial charge in [-0.05, 0) is 36.8 Å². The van der Waals surface area contributed by atoms with Crippen LogP contribution < -0.4 is 11.0 Å². The Balaban J connectivity index is 1.91. The van der Waals surface area contributed by atoms with Crippen molar-refractivity contribution in [2.24, 2.45) is 0 Å². The van der Waals surface area contributed by atoms with Crippen molar-refractivity contribution >= 4 is 46.5 Å². The van der Waals surface area contributed by atoms with Crippen molar-refractivity contribution in [1.82, 2.24) is 14.0 Å². The van der Waals surface area contributed by atoms with Crippen molar-refractivity contribution in [2.45, 2.75) is 26.5 Å². The molecular weight excluding hydrogens is 407 g/mol. The number of benzene rings is 1. The molecule has 0 spiro atoms. The molecule has 3 rings (SSSR count). The molecular formula is C18H16Cl2N4O4. The van der Waals surface area contributed by atoms with Crippen LogP contribution in [0.15, 0.2) is 41.5 Å². The fourth-order valence-corrected chi connectivity index (χ4v) is 2.93. The number of nitrogens with one attached hydrogen (secondary N) is 1. The Hall–Kier alpha value is -2.84. The van der Waals surface area contributed by atoms with E-state index in [1.807, 2.05) is 0 Å². The van der Waals surface area contributed by atoms with Crippen LogP contribution in [-0.4, -0.2) is 31.9 Å². The lowest BCUT2D eigenvalue weighted by molar-refractivity contribution is -0.150. The van der Waals surface area contributed by atoms with E-state index in [2.05, 4.69) is 10.3 Å². The first-order chi connectivity index (χ1) is 13.3. The van der Waals surface area contributed by atoms with Crippen molar-refractivity contribution in [3.63, 3.8) is 0 Å². The molecule has 0 fully saturated rings. The van der Waals surface area contributed by atoms with Gasteiger partial charge in [-0.3, -0.25) is 14.2 Å². The second-order valence-electron chi connectivity index (χ2n) is 6.06. The quantitative estimate of drug-likeness (QED) is 0.637. The number of amides is 1. The molecule has 0 aliphatic heterocycles. The number of fused-ring (bicyclic) bond motifs is 1. The van der Waals surface area contributed by atoms with Gasteiger partial charge in [0.1, 0.15) is 17.8 Å². The van der Waals surface area contributed by atoms with Gasteiger partial charge in [0.05, 0.1) is 16.6 Å². The third-order valence-electron chi connectivity index (χ3n) is 3.93. The van der Waals surface area contributed by atoms with Crippen LogP contribution in [0.1, 0.15) is 19.4 Å². The Morgan fingerprint density at radius 3 is 2.64 bits per heavy atom. The smallest absolute Gasteiger partial charge is 0.337 e. The molecule has 3 aromatic rings. The molecule has 2 heterocycles. The summed E-state index contributed by atoms with van der Waals surface area (Å²) in [5.74, 6) is -0.914. The van der Waals surface area contributed by atoms with Gasteiger partial charge in [0.15, 0.2) is 6.10 Å². The number of aromatic nitrogens is 3. The van der Waals surface area contributed by atoms with E-state index in [4.69, 9.17) is 27.9 Å². The predicted octanol–water partition coefficient (Wildman–Crippen LogP) is 2.74. The molecule has 0 aliphatic rings. The highest BCUT2D eigenvalue weighted by Crippen LogP contribution is 2.22. The number of anilines is 1. The summed E-state index contributed by atoms with van der Waals surface area (Å²) < 4.78 is 7.48. The molecule has 1 unspecified atom stereocenters. The first-order valence-electron chi connectivity index (χ1n) is 8.25. The minimum absolute atomic E-state index is 0.216. The Morgan fingerprint density at radius 1 is 1.21 bits per heavy atom. The second-order valence-corrected chi connectivity index (χ2v) is 6.87. The largest absolute Gasteiger partial charge is 0.453 e. The SMILES string of the molecule is CC(=O)OC(C)C(=O)Nc1ccc2ncn(Cc3ccc(Cl)c(Cl)c3)c(=O)n12. The number of ether oxygens (including phenoxy) is 1. The maximum absolute atomic E-state index is 12.9. The fourth-order valence-electron chi connectivity index (χ4n) is 2.61. The van der Waals surface area contributed by atoms with Gasteiger partial charge in [-0.2, -0.15) is 0 Å². The number of halogens is 2. The minimum Gasteiger partial charge on any atom is -0.453 e. The zero-order chi connectivity index (χ0) is 20.4. The van der Waals surface area contributed by atoms with Crippen LogP contribution in [0.3, 0.4) is 0 Å². The van der Waals surface area contributed by atoms with Gasteiger partial charge >= 0.3 is 11.7 Å². The Bertz CT molecular complexity index is 1120. The van der Waals surface area contributed by atoms with Crippen LogP contribution in [0.2, 0.25) is 10.0 Å². The fraction of sp³-hybridized carbons (Fsp3) is 0.222. The summed E-state index contributed by atoms with van der Waals surface area (Å²) in [5, 5.41) is 3.38. The highest BCUT2D eigenvalue weighted by molar-refractivity contribution is 6.42. The van der Waals surface area contributed by atoms with Crippen molar-refractivity contribution < 1.29 is 14.3 Å². The predicted molar refractivity (Wildman–Crippen MR) is 105 cm³/mol. The van der Waals surface area contributed by atoms with Crippen molar-refractivity contribution in [1.29, 1.82) is 0 Å². The van der Waals surface area contributed by atoms with Crippen molar-refractivity contribution in [3.8, 4) is 0 Å². The number of hydrogen-bond acceptors (Lipinski definition) is 5. The standard InChI is InChI=1S/C18H16Cl2N4O4/c1-10(28-11(2)25)17(26)22-16-6-5-15-21-9-23(18(27)24(15)16)8-12-3-4-13(19)14(20)7-12/h3-7,9-10H,8H2,1-2H3,(H,22,26). The average Bonchev–Trinajstić information content (AvgIpc) is 3.03. The summed E-state index contributed by atoms with van der Waals surface area (Å²) in [7, 11) is 0. The van der Waals surface area contributed by atoms with Gasteiger partial charge in [-0.15, -0.1) is 0 Å². The maximum atomic E-state index is 12.9. The minimum atomic E-state index is -1.00. The molecule has 8 nitrogen and oxygen atoms in total. The van der Waals surface area contributed by atoms with E-state index >= 15 is 0 Å². The molecule has 10 heteroatoms. The molecule has 0 radical (unpaired) electrons. The van der Waals surface area contributed by atoms with Crippen LogP contribution in [0.25, 0.3) is 5.65 Å². The molecule has 1 amide bonds. The first kappa shape index (κ1) is 19.9. The third kappa shape index (κ3) is 4.18.